The van der Waals surface area contributed by atoms with Gasteiger partial charge in [0.25, 0.3) is 5.92 Å². The molecule has 3 nitrogen and oxygen atoms in total. The molecule has 1 aromatic carbocycles. The van der Waals surface area contributed by atoms with Gasteiger partial charge in [0, 0.05) is 6.42 Å². The van der Waals surface area contributed by atoms with Gasteiger partial charge in [-0.15, -0.1) is 0 Å². The van der Waals surface area contributed by atoms with Crippen molar-refractivity contribution in [2.75, 3.05) is 6.54 Å². The van der Waals surface area contributed by atoms with Gasteiger partial charge in [-0.25, -0.2) is 13.2 Å². The van der Waals surface area contributed by atoms with Gasteiger partial charge in [-0.2, -0.15) is 5.26 Å². The molecule has 1 amide bonds. The minimum Gasteiger partial charge on any atom is -0.320 e. The van der Waals surface area contributed by atoms with Crippen molar-refractivity contribution in [3.05, 3.63) is 35.6 Å². The predicted octanol–water partition coefficient (Wildman–Crippen LogP) is 2.91. The van der Waals surface area contributed by atoms with Gasteiger partial charge in [-0.05, 0) is 37.0 Å². The maximum absolute atomic E-state index is 13.5. The zero-order valence-electron chi connectivity index (χ0n) is 11.9. The van der Waals surface area contributed by atoms with Crippen molar-refractivity contribution in [2.24, 2.45) is 5.41 Å². The Kier molecular flexibility index (Phi) is 3.39. The summed E-state index contributed by atoms with van der Waals surface area (Å²) >= 11 is 0. The van der Waals surface area contributed by atoms with E-state index in [2.05, 4.69) is 0 Å². The van der Waals surface area contributed by atoms with Gasteiger partial charge in [0.2, 0.25) is 5.91 Å². The smallest absolute Gasteiger partial charge is 0.268 e. The molecule has 0 unspecified atom stereocenters. The molecule has 0 spiro atoms. The molecule has 1 heterocycles. The zero-order chi connectivity index (χ0) is 16.0. The highest BCUT2D eigenvalue weighted by atomic mass is 19.3. The number of likely N-dealkylation sites (tertiary alicyclic amines) is 1. The van der Waals surface area contributed by atoms with Gasteiger partial charge < -0.3 is 4.90 Å². The molecule has 3 rings (SSSR count). The molecule has 2 aliphatic rings. The fraction of sp³-hybridized carbons (Fsp3) is 0.500. The number of carbonyl (C=O) groups excluding carboxylic acids is 1. The normalized spacial score (nSPS) is 24.8. The summed E-state index contributed by atoms with van der Waals surface area (Å²) < 4.78 is 40.2. The summed E-state index contributed by atoms with van der Waals surface area (Å²) in [5.74, 6) is -3.80. The Bertz CT molecular complexity index is 649. The fourth-order valence-corrected chi connectivity index (χ4v) is 3.11. The molecule has 0 radical (unpaired) electrons. The first-order valence-corrected chi connectivity index (χ1v) is 7.18. The first-order valence-electron chi connectivity index (χ1n) is 7.18. The standard InChI is InChI=1S/C16H15F3N2O/c17-12-3-1-2-11(6-12)7-15(4-5-15)14(22)21-10-16(18,19)8-13(21)9-20/h1-3,6,13H,4-5,7-8,10H2/t13-/m0/s1. The molecule has 1 saturated heterocycles. The summed E-state index contributed by atoms with van der Waals surface area (Å²) in [6.07, 6.45) is 0.889. The highest BCUT2D eigenvalue weighted by molar-refractivity contribution is 5.86. The third-order valence-electron chi connectivity index (χ3n) is 4.42. The highest BCUT2D eigenvalue weighted by Gasteiger charge is 2.56. The Morgan fingerprint density at radius 3 is 2.73 bits per heavy atom. The molecule has 0 bridgehead atoms. The number of nitrogens with zero attached hydrogens (tertiary/aromatic N) is 2. The van der Waals surface area contributed by atoms with E-state index in [1.54, 1.807) is 18.2 Å². The first kappa shape index (κ1) is 14.9. The highest BCUT2D eigenvalue weighted by Crippen LogP contribution is 2.51. The Hall–Kier alpha value is -2.03. The van der Waals surface area contributed by atoms with Crippen LogP contribution in [0.5, 0.6) is 0 Å². The number of halogens is 3. The van der Waals surface area contributed by atoms with Crippen LogP contribution in [0.2, 0.25) is 0 Å². The van der Waals surface area contributed by atoms with E-state index in [4.69, 9.17) is 5.26 Å². The van der Waals surface area contributed by atoms with E-state index < -0.39 is 36.3 Å². The molecule has 2 fully saturated rings. The Labute approximate surface area is 126 Å². The van der Waals surface area contributed by atoms with Crippen molar-refractivity contribution in [3.8, 4) is 6.07 Å². The van der Waals surface area contributed by atoms with Crippen LogP contribution in [0, 0.1) is 22.6 Å². The van der Waals surface area contributed by atoms with Crippen molar-refractivity contribution < 1.29 is 18.0 Å². The zero-order valence-corrected chi connectivity index (χ0v) is 11.9. The van der Waals surface area contributed by atoms with Crippen molar-refractivity contribution in [3.63, 3.8) is 0 Å². The molecule has 0 N–H and O–H groups in total. The summed E-state index contributed by atoms with van der Waals surface area (Å²) in [6, 6.07) is 6.67. The van der Waals surface area contributed by atoms with Crippen LogP contribution in [0.3, 0.4) is 0 Å². The monoisotopic (exact) mass is 308 g/mol. The first-order chi connectivity index (χ1) is 10.4. The number of carbonyl (C=O) groups is 1. The van der Waals surface area contributed by atoms with Crippen LogP contribution in [-0.4, -0.2) is 29.3 Å². The predicted molar refractivity (Wildman–Crippen MR) is 72.4 cm³/mol. The molecule has 1 aliphatic heterocycles. The largest absolute Gasteiger partial charge is 0.320 e. The van der Waals surface area contributed by atoms with Crippen LogP contribution in [-0.2, 0) is 11.2 Å². The van der Waals surface area contributed by atoms with Crippen molar-refractivity contribution >= 4 is 5.91 Å². The van der Waals surface area contributed by atoms with Crippen molar-refractivity contribution in [2.45, 2.75) is 37.6 Å². The van der Waals surface area contributed by atoms with Crippen LogP contribution < -0.4 is 0 Å². The summed E-state index contributed by atoms with van der Waals surface area (Å²) in [7, 11) is 0. The molecule has 1 saturated carbocycles. The average molecular weight is 308 g/mol. The second-order valence-corrected chi connectivity index (χ2v) is 6.23. The van der Waals surface area contributed by atoms with Gasteiger partial charge in [-0.3, -0.25) is 4.79 Å². The quantitative estimate of drug-likeness (QED) is 0.862. The molecular weight excluding hydrogens is 293 g/mol. The van der Waals surface area contributed by atoms with Crippen LogP contribution in [0.1, 0.15) is 24.8 Å². The summed E-state index contributed by atoms with van der Waals surface area (Å²) in [5.41, 5.74) is -0.0751. The average Bonchev–Trinajstić information content (AvgIpc) is 3.15. The minimum atomic E-state index is -3.01. The second kappa shape index (κ2) is 5.01. The number of hydrogen-bond donors (Lipinski definition) is 0. The van der Waals surface area contributed by atoms with E-state index in [-0.39, 0.29) is 5.82 Å². The van der Waals surface area contributed by atoms with Gasteiger partial charge in [0.15, 0.2) is 0 Å². The van der Waals surface area contributed by atoms with Gasteiger partial charge in [-0.1, -0.05) is 12.1 Å². The molecule has 1 aliphatic carbocycles. The van der Waals surface area contributed by atoms with Crippen LogP contribution in [0.4, 0.5) is 13.2 Å². The summed E-state index contributed by atoms with van der Waals surface area (Å²) in [6.45, 7) is -0.699. The molecule has 6 heteroatoms. The molecule has 1 aromatic rings. The lowest BCUT2D eigenvalue weighted by Crippen LogP contribution is -2.41. The van der Waals surface area contributed by atoms with Crippen LogP contribution >= 0.6 is 0 Å². The van der Waals surface area contributed by atoms with E-state index in [0.717, 1.165) is 4.90 Å². The van der Waals surface area contributed by atoms with Crippen molar-refractivity contribution in [1.82, 2.24) is 4.90 Å². The van der Waals surface area contributed by atoms with E-state index >= 15 is 0 Å². The maximum Gasteiger partial charge on any atom is 0.268 e. The summed E-state index contributed by atoms with van der Waals surface area (Å²) in [5, 5.41) is 9.00. The van der Waals surface area contributed by atoms with Gasteiger partial charge in [0.05, 0.1) is 18.0 Å². The van der Waals surface area contributed by atoms with Gasteiger partial charge >= 0.3 is 0 Å². The number of hydrogen-bond acceptors (Lipinski definition) is 2. The van der Waals surface area contributed by atoms with Crippen LogP contribution in [0.25, 0.3) is 0 Å². The topological polar surface area (TPSA) is 44.1 Å². The number of alkyl halides is 2. The third-order valence-corrected chi connectivity index (χ3v) is 4.42. The Balaban J connectivity index is 1.78. The second-order valence-electron chi connectivity index (χ2n) is 6.23. The lowest BCUT2D eigenvalue weighted by Gasteiger charge is -2.25. The van der Waals surface area contributed by atoms with Crippen LogP contribution in [0.15, 0.2) is 24.3 Å². The number of benzene rings is 1. The van der Waals surface area contributed by atoms with E-state index in [0.29, 0.717) is 24.8 Å². The maximum atomic E-state index is 13.5. The molecule has 0 aromatic heterocycles. The van der Waals surface area contributed by atoms with E-state index in [9.17, 15) is 18.0 Å². The van der Waals surface area contributed by atoms with E-state index in [1.807, 2.05) is 0 Å². The lowest BCUT2D eigenvalue weighted by molar-refractivity contribution is -0.138. The molecule has 22 heavy (non-hydrogen) atoms. The minimum absolute atomic E-state index is 0.323. The Morgan fingerprint density at radius 2 is 2.14 bits per heavy atom. The number of rotatable bonds is 3. The Morgan fingerprint density at radius 1 is 1.41 bits per heavy atom. The fourth-order valence-electron chi connectivity index (χ4n) is 3.11. The third kappa shape index (κ3) is 2.68. The lowest BCUT2D eigenvalue weighted by atomic mass is 9.94. The SMILES string of the molecule is N#C[C@@H]1CC(F)(F)CN1C(=O)C1(Cc2cccc(F)c2)CC1. The summed E-state index contributed by atoms with van der Waals surface area (Å²) in [4.78, 5) is 13.6. The van der Waals surface area contributed by atoms with Gasteiger partial charge in [0.1, 0.15) is 11.9 Å². The molecule has 116 valence electrons. The number of nitriles is 1. The molecule has 1 atom stereocenters. The van der Waals surface area contributed by atoms with Crippen molar-refractivity contribution in [1.29, 1.82) is 5.26 Å². The van der Waals surface area contributed by atoms with E-state index in [1.165, 1.54) is 12.1 Å². The molecular formula is C16H15F3N2O. The number of amides is 1.